The number of nitrogens with one attached hydrogen (secondary N) is 1. The maximum Gasteiger partial charge on any atom is 0.319 e. The first-order chi connectivity index (χ1) is 15.1. The van der Waals surface area contributed by atoms with Gasteiger partial charge >= 0.3 is 6.03 Å². The summed E-state index contributed by atoms with van der Waals surface area (Å²) in [4.78, 5) is 25.9. The lowest BCUT2D eigenvalue weighted by molar-refractivity contribution is 0.142. The van der Waals surface area contributed by atoms with E-state index in [4.69, 9.17) is 4.98 Å². The maximum atomic E-state index is 12.9. The first-order valence-corrected chi connectivity index (χ1v) is 11.1. The molecule has 1 aliphatic rings. The van der Waals surface area contributed by atoms with Crippen LogP contribution in [0.3, 0.4) is 0 Å². The second kappa shape index (κ2) is 9.37. The van der Waals surface area contributed by atoms with Crippen molar-refractivity contribution in [2.75, 3.05) is 31.5 Å². The third-order valence-electron chi connectivity index (χ3n) is 6.01. The fourth-order valence-electron chi connectivity index (χ4n) is 4.21. The first kappa shape index (κ1) is 21.1. The van der Waals surface area contributed by atoms with E-state index in [1.54, 1.807) is 6.20 Å². The predicted octanol–water partition coefficient (Wildman–Crippen LogP) is 1.64. The van der Waals surface area contributed by atoms with Gasteiger partial charge in [-0.15, -0.1) is 0 Å². The second-order valence-corrected chi connectivity index (χ2v) is 8.08. The van der Waals surface area contributed by atoms with Crippen molar-refractivity contribution in [2.24, 2.45) is 0 Å². The smallest absolute Gasteiger partial charge is 0.319 e. The van der Waals surface area contributed by atoms with E-state index in [-0.39, 0.29) is 11.9 Å². The summed E-state index contributed by atoms with van der Waals surface area (Å²) in [6, 6.07) is 6.20. The number of aromatic nitrogens is 4. The highest BCUT2D eigenvalue weighted by atomic mass is 16.2. The average Bonchev–Trinajstić information content (AvgIpc) is 3.19. The van der Waals surface area contributed by atoms with Crippen molar-refractivity contribution in [3.05, 3.63) is 48.0 Å². The molecule has 8 nitrogen and oxygen atoms in total. The maximum absolute atomic E-state index is 12.9. The fourth-order valence-corrected chi connectivity index (χ4v) is 4.21. The number of carbonyl (C=O) groups excluding carboxylic acids is 1. The second-order valence-electron chi connectivity index (χ2n) is 8.08. The molecule has 162 valence electrons. The first-order valence-electron chi connectivity index (χ1n) is 11.1. The summed E-state index contributed by atoms with van der Waals surface area (Å²) in [5.74, 6) is 1.12. The van der Waals surface area contributed by atoms with Gasteiger partial charge in [-0.05, 0) is 43.8 Å². The van der Waals surface area contributed by atoms with E-state index in [9.17, 15) is 4.79 Å². The number of carbonyl (C=O) groups is 1. The van der Waals surface area contributed by atoms with Crippen molar-refractivity contribution < 1.29 is 4.79 Å². The summed E-state index contributed by atoms with van der Waals surface area (Å²) >= 11 is 0. The molecule has 0 spiro atoms. The summed E-state index contributed by atoms with van der Waals surface area (Å²) in [6.45, 7) is 7.69. The molecule has 3 aromatic heterocycles. The average molecular weight is 419 g/mol. The summed E-state index contributed by atoms with van der Waals surface area (Å²) in [7, 11) is 2.03. The Kier molecular flexibility index (Phi) is 6.39. The topological polar surface area (TPSA) is 78.7 Å². The third-order valence-corrected chi connectivity index (χ3v) is 6.01. The number of nitrogens with zero attached hydrogens (tertiary/aromatic N) is 6. The van der Waals surface area contributed by atoms with Gasteiger partial charge in [0.15, 0.2) is 5.65 Å². The minimum Gasteiger partial charge on any atom is -0.366 e. The van der Waals surface area contributed by atoms with Crippen molar-refractivity contribution >= 4 is 30.8 Å². The van der Waals surface area contributed by atoms with Crippen LogP contribution in [0.5, 0.6) is 0 Å². The van der Waals surface area contributed by atoms with E-state index >= 15 is 0 Å². The number of amides is 2. The van der Waals surface area contributed by atoms with Crippen LogP contribution in [0.25, 0.3) is 5.65 Å². The largest absolute Gasteiger partial charge is 0.366 e. The lowest BCUT2D eigenvalue weighted by Gasteiger charge is -2.35. The van der Waals surface area contributed by atoms with Crippen molar-refractivity contribution in [2.45, 2.75) is 39.2 Å². The van der Waals surface area contributed by atoms with E-state index in [0.717, 1.165) is 60.7 Å². The van der Waals surface area contributed by atoms with Crippen LogP contribution in [0.1, 0.15) is 43.9 Å². The van der Waals surface area contributed by atoms with E-state index < -0.39 is 0 Å². The fraction of sp³-hybridized carbons (Fsp3) is 0.455. The number of hydrogen-bond acceptors (Lipinski definition) is 5. The van der Waals surface area contributed by atoms with Crippen LogP contribution in [-0.4, -0.2) is 69.4 Å². The Morgan fingerprint density at radius 3 is 2.90 bits per heavy atom. The lowest BCUT2D eigenvalue weighted by Crippen LogP contribution is -2.47. The highest BCUT2D eigenvalue weighted by Gasteiger charge is 2.28. The summed E-state index contributed by atoms with van der Waals surface area (Å²) in [5.41, 5.74) is 4.02. The van der Waals surface area contributed by atoms with Gasteiger partial charge in [-0.1, -0.05) is 6.07 Å². The minimum absolute atomic E-state index is 0.131. The molecular weight excluding hydrogens is 389 g/mol. The van der Waals surface area contributed by atoms with Gasteiger partial charge < -0.3 is 15.1 Å². The number of likely N-dealkylation sites (tertiary alicyclic amines) is 1. The molecule has 0 aliphatic carbocycles. The quantitative estimate of drug-likeness (QED) is 0.615. The SMILES string of the molecule is Bc1cnn2c(NCc3cccnc3)cc(C3CCCN(C(=O)N(CC)CC)C3)nc12. The van der Waals surface area contributed by atoms with Crippen LogP contribution < -0.4 is 10.8 Å². The number of anilines is 1. The van der Waals surface area contributed by atoms with Crippen LogP contribution >= 0.6 is 0 Å². The van der Waals surface area contributed by atoms with Gasteiger partial charge in [0, 0.05) is 63.3 Å². The molecular formula is C22H30BN7O. The molecule has 4 heterocycles. The van der Waals surface area contributed by atoms with Crippen molar-refractivity contribution in [3.63, 3.8) is 0 Å². The monoisotopic (exact) mass is 419 g/mol. The zero-order chi connectivity index (χ0) is 21.8. The molecule has 1 saturated heterocycles. The van der Waals surface area contributed by atoms with Gasteiger partial charge in [0.05, 0.1) is 5.69 Å². The number of hydrogen-bond donors (Lipinski definition) is 1. The molecule has 0 radical (unpaired) electrons. The van der Waals surface area contributed by atoms with E-state index in [0.29, 0.717) is 13.1 Å². The number of rotatable bonds is 6. The molecule has 1 fully saturated rings. The van der Waals surface area contributed by atoms with Crippen molar-refractivity contribution in [1.29, 1.82) is 0 Å². The summed E-state index contributed by atoms with van der Waals surface area (Å²) in [5, 5.41) is 8.01. The Labute approximate surface area is 184 Å². The van der Waals surface area contributed by atoms with Gasteiger partial charge in [-0.25, -0.2) is 9.78 Å². The molecule has 0 bridgehead atoms. The number of fused-ring (bicyclic) bond motifs is 1. The highest BCUT2D eigenvalue weighted by Crippen LogP contribution is 2.28. The molecule has 1 N–H and O–H groups in total. The summed E-state index contributed by atoms with van der Waals surface area (Å²) < 4.78 is 1.86. The van der Waals surface area contributed by atoms with Gasteiger partial charge in [-0.2, -0.15) is 9.61 Å². The van der Waals surface area contributed by atoms with Gasteiger partial charge in [-0.3, -0.25) is 4.98 Å². The Bertz CT molecular complexity index is 1040. The van der Waals surface area contributed by atoms with E-state index in [2.05, 4.69) is 21.5 Å². The van der Waals surface area contributed by atoms with Crippen molar-refractivity contribution in [1.82, 2.24) is 29.4 Å². The molecule has 4 rings (SSSR count). The lowest BCUT2D eigenvalue weighted by atomic mass is 9.94. The molecule has 0 saturated carbocycles. The molecule has 0 aromatic carbocycles. The zero-order valence-corrected chi connectivity index (χ0v) is 18.6. The van der Waals surface area contributed by atoms with Gasteiger partial charge in [0.1, 0.15) is 13.7 Å². The molecule has 3 aromatic rings. The summed E-state index contributed by atoms with van der Waals surface area (Å²) in [6.07, 6.45) is 7.50. The van der Waals surface area contributed by atoms with Crippen LogP contribution in [0, 0.1) is 0 Å². The molecule has 1 unspecified atom stereocenters. The molecule has 1 atom stereocenters. The minimum atomic E-state index is 0.131. The standard InChI is InChI=1S/C22H30BN7O/c1-3-28(4-2)22(31)29-10-6-8-17(15-29)19-11-20(25-13-16-7-5-9-24-12-16)30-21(27-19)18(23)14-26-30/h5,7,9,11-12,14,17,25H,3-4,6,8,10,13,15,23H2,1-2H3. The van der Waals surface area contributed by atoms with Crippen LogP contribution in [0.4, 0.5) is 10.6 Å². The van der Waals surface area contributed by atoms with E-state index in [1.807, 2.05) is 60.5 Å². The van der Waals surface area contributed by atoms with Gasteiger partial charge in [0.25, 0.3) is 0 Å². The Morgan fingerprint density at radius 2 is 2.16 bits per heavy atom. The zero-order valence-electron chi connectivity index (χ0n) is 18.6. The van der Waals surface area contributed by atoms with Gasteiger partial charge in [0.2, 0.25) is 0 Å². The molecule has 2 amide bonds. The highest BCUT2D eigenvalue weighted by molar-refractivity contribution is 6.36. The van der Waals surface area contributed by atoms with Crippen LogP contribution in [0.15, 0.2) is 36.8 Å². The molecule has 1 aliphatic heterocycles. The Morgan fingerprint density at radius 1 is 1.32 bits per heavy atom. The third kappa shape index (κ3) is 4.50. The molecule has 31 heavy (non-hydrogen) atoms. The Hall–Kier alpha value is -3.10. The van der Waals surface area contributed by atoms with Crippen LogP contribution in [0.2, 0.25) is 0 Å². The normalized spacial score (nSPS) is 16.5. The Balaban J connectivity index is 1.59. The van der Waals surface area contributed by atoms with Crippen molar-refractivity contribution in [3.8, 4) is 0 Å². The molecule has 9 heteroatoms. The number of pyridine rings is 1. The van der Waals surface area contributed by atoms with E-state index in [1.165, 1.54) is 0 Å². The van der Waals surface area contributed by atoms with Crippen LogP contribution in [-0.2, 0) is 6.54 Å². The number of piperidine rings is 1. The number of urea groups is 1. The predicted molar refractivity (Wildman–Crippen MR) is 125 cm³/mol.